The van der Waals surface area contributed by atoms with E-state index < -0.39 is 38.7 Å². The maximum Gasteiger partial charge on any atom is 0.200 e. The molecule has 0 unspecified atom stereocenters. The second-order valence-corrected chi connectivity index (χ2v) is 13.5. The standard InChI is InChI=1S/C8H4F5OPS3/c9-3-4(10)6(12)8(7(13)5(3)11)18-15(16)14-1-2-17-15/h1-2H2/t15-/m1/s1. The molecule has 1 saturated heterocycles. The fourth-order valence-electron chi connectivity index (χ4n) is 1.16. The first-order valence-corrected chi connectivity index (χ1v) is 10.2. The molecule has 0 N–H and O–H groups in total. The van der Waals surface area contributed by atoms with Crippen LogP contribution in [0.5, 0.6) is 0 Å². The van der Waals surface area contributed by atoms with Gasteiger partial charge in [0.2, 0.25) is 5.82 Å². The molecule has 1 aliphatic heterocycles. The maximum atomic E-state index is 13.4. The molecule has 0 spiro atoms. The van der Waals surface area contributed by atoms with Gasteiger partial charge < -0.3 is 4.52 Å². The third-order valence-electron chi connectivity index (χ3n) is 1.95. The molecule has 0 saturated carbocycles. The molecular weight excluding hydrogens is 334 g/mol. The minimum Gasteiger partial charge on any atom is -0.333 e. The fourth-order valence-corrected chi connectivity index (χ4v) is 9.14. The Balaban J connectivity index is 2.48. The molecule has 1 aromatic carbocycles. The number of rotatable bonds is 2. The van der Waals surface area contributed by atoms with Gasteiger partial charge in [0.25, 0.3) is 0 Å². The Morgan fingerprint density at radius 2 is 1.50 bits per heavy atom. The van der Waals surface area contributed by atoms with Gasteiger partial charge in [0.1, 0.15) is 0 Å². The number of benzene rings is 1. The monoisotopic (exact) mass is 338 g/mol. The fraction of sp³-hybridized carbons (Fsp3) is 0.250. The number of halogens is 5. The molecular formula is C8H4F5OPS3. The Morgan fingerprint density at radius 1 is 1.00 bits per heavy atom. The van der Waals surface area contributed by atoms with E-state index in [0.717, 1.165) is 0 Å². The lowest BCUT2D eigenvalue weighted by molar-refractivity contribution is 0.361. The molecule has 100 valence electrons. The average Bonchev–Trinajstić information content (AvgIpc) is 2.77. The predicted molar refractivity (Wildman–Crippen MR) is 64.8 cm³/mol. The van der Waals surface area contributed by atoms with E-state index in [2.05, 4.69) is 0 Å². The Morgan fingerprint density at radius 3 is 1.94 bits per heavy atom. The quantitative estimate of drug-likeness (QED) is 0.341. The molecule has 0 amide bonds. The summed E-state index contributed by atoms with van der Waals surface area (Å²) in [5.41, 5.74) is 0. The van der Waals surface area contributed by atoms with Crippen molar-refractivity contribution in [3.63, 3.8) is 0 Å². The van der Waals surface area contributed by atoms with E-state index in [1.54, 1.807) is 0 Å². The highest BCUT2D eigenvalue weighted by Crippen LogP contribution is 2.75. The first-order valence-electron chi connectivity index (χ1n) is 4.46. The van der Waals surface area contributed by atoms with Crippen molar-refractivity contribution in [2.75, 3.05) is 12.4 Å². The van der Waals surface area contributed by atoms with Gasteiger partial charge in [0.05, 0.1) is 11.5 Å². The smallest absolute Gasteiger partial charge is 0.200 e. The van der Waals surface area contributed by atoms with E-state index in [0.29, 0.717) is 23.7 Å². The summed E-state index contributed by atoms with van der Waals surface area (Å²) in [5, 5.41) is 0. The van der Waals surface area contributed by atoms with Crippen LogP contribution in [0.25, 0.3) is 0 Å². The van der Waals surface area contributed by atoms with Crippen LogP contribution in [-0.2, 0) is 16.3 Å². The van der Waals surface area contributed by atoms with Crippen LogP contribution in [0.15, 0.2) is 4.90 Å². The Bertz CT molecular complexity index is 513. The molecule has 10 heteroatoms. The van der Waals surface area contributed by atoms with Crippen LogP contribution < -0.4 is 0 Å². The van der Waals surface area contributed by atoms with Gasteiger partial charge in [-0.25, -0.2) is 22.0 Å². The van der Waals surface area contributed by atoms with Crippen molar-refractivity contribution in [3.05, 3.63) is 29.1 Å². The zero-order valence-electron chi connectivity index (χ0n) is 8.38. The lowest BCUT2D eigenvalue weighted by atomic mass is 10.3. The van der Waals surface area contributed by atoms with Crippen molar-refractivity contribution < 1.29 is 26.5 Å². The van der Waals surface area contributed by atoms with E-state index in [9.17, 15) is 22.0 Å². The Hall–Kier alpha value is 0.180. The topological polar surface area (TPSA) is 9.23 Å². The van der Waals surface area contributed by atoms with Crippen molar-refractivity contribution in [2.24, 2.45) is 0 Å². The van der Waals surface area contributed by atoms with Gasteiger partial charge in [-0.3, -0.25) is 0 Å². The summed E-state index contributed by atoms with van der Waals surface area (Å²) in [6.07, 6.45) is 0. The first kappa shape index (κ1) is 14.6. The minimum absolute atomic E-state index is 0.310. The van der Waals surface area contributed by atoms with Crippen LogP contribution in [0.3, 0.4) is 0 Å². The highest BCUT2D eigenvalue weighted by Gasteiger charge is 2.33. The first-order chi connectivity index (χ1) is 8.36. The molecule has 1 fully saturated rings. The zero-order chi connectivity index (χ0) is 13.5. The second kappa shape index (κ2) is 5.28. The molecule has 1 atom stereocenters. The van der Waals surface area contributed by atoms with Crippen LogP contribution in [0.2, 0.25) is 0 Å². The zero-order valence-corrected chi connectivity index (χ0v) is 11.7. The van der Waals surface area contributed by atoms with Crippen LogP contribution in [-0.4, -0.2) is 12.4 Å². The molecule has 2 rings (SSSR count). The number of hydrogen-bond acceptors (Lipinski definition) is 4. The highest BCUT2D eigenvalue weighted by molar-refractivity contribution is 8.99. The average molecular weight is 338 g/mol. The van der Waals surface area contributed by atoms with Crippen molar-refractivity contribution >= 4 is 39.2 Å². The molecule has 18 heavy (non-hydrogen) atoms. The van der Waals surface area contributed by atoms with Crippen molar-refractivity contribution in [1.29, 1.82) is 0 Å². The molecule has 1 aliphatic rings. The van der Waals surface area contributed by atoms with Gasteiger partial charge in [-0.05, 0) is 23.2 Å². The van der Waals surface area contributed by atoms with Crippen LogP contribution in [0.4, 0.5) is 22.0 Å². The highest BCUT2D eigenvalue weighted by atomic mass is 33.2. The largest absolute Gasteiger partial charge is 0.333 e. The summed E-state index contributed by atoms with van der Waals surface area (Å²) in [4.78, 5) is -0.968. The van der Waals surface area contributed by atoms with Gasteiger partial charge in [-0.15, -0.1) is 0 Å². The summed E-state index contributed by atoms with van der Waals surface area (Å²) in [5.74, 6) is -9.30. The SMILES string of the molecule is Fc1c(F)c(F)c(S[P@@]2(=S)OCCS2)c(F)c1F. The lowest BCUT2D eigenvalue weighted by Gasteiger charge is -2.14. The van der Waals surface area contributed by atoms with E-state index in [1.807, 2.05) is 0 Å². The predicted octanol–water partition coefficient (Wildman–Crippen LogP) is 4.46. The third-order valence-corrected chi connectivity index (χ3v) is 10.8. The van der Waals surface area contributed by atoms with Crippen LogP contribution >= 0.6 is 27.4 Å². The van der Waals surface area contributed by atoms with Gasteiger partial charge in [0.15, 0.2) is 27.9 Å². The lowest BCUT2D eigenvalue weighted by Crippen LogP contribution is -2.02. The molecule has 1 aromatic rings. The van der Waals surface area contributed by atoms with E-state index in [1.165, 1.54) is 11.4 Å². The molecule has 0 aliphatic carbocycles. The normalized spacial score (nSPS) is 23.6. The second-order valence-electron chi connectivity index (χ2n) is 3.10. The molecule has 0 radical (unpaired) electrons. The third kappa shape index (κ3) is 2.56. The summed E-state index contributed by atoms with van der Waals surface area (Å²) in [6, 6.07) is 0. The summed E-state index contributed by atoms with van der Waals surface area (Å²) in [6.45, 7) is 0.310. The van der Waals surface area contributed by atoms with E-state index >= 15 is 0 Å². The summed E-state index contributed by atoms with van der Waals surface area (Å²) < 4.78 is 68.0. The van der Waals surface area contributed by atoms with Gasteiger partial charge in [-0.1, -0.05) is 11.4 Å². The maximum absolute atomic E-state index is 13.4. The van der Waals surface area contributed by atoms with E-state index in [-0.39, 0.29) is 0 Å². The van der Waals surface area contributed by atoms with Gasteiger partial charge >= 0.3 is 0 Å². The molecule has 1 nitrogen and oxygen atoms in total. The van der Waals surface area contributed by atoms with Crippen LogP contribution in [0.1, 0.15) is 0 Å². The minimum atomic E-state index is -2.67. The van der Waals surface area contributed by atoms with Crippen molar-refractivity contribution in [1.82, 2.24) is 0 Å². The van der Waals surface area contributed by atoms with Gasteiger partial charge in [0, 0.05) is 5.75 Å². The van der Waals surface area contributed by atoms with Crippen molar-refractivity contribution in [2.45, 2.75) is 4.90 Å². The summed E-state index contributed by atoms with van der Waals surface area (Å²) >= 11 is 6.61. The molecule has 0 bridgehead atoms. The van der Waals surface area contributed by atoms with Crippen LogP contribution in [0, 0.1) is 29.1 Å². The van der Waals surface area contributed by atoms with Crippen molar-refractivity contribution in [3.8, 4) is 0 Å². The summed E-state index contributed by atoms with van der Waals surface area (Å²) in [7, 11) is 0. The van der Waals surface area contributed by atoms with E-state index in [4.69, 9.17) is 16.3 Å². The number of hydrogen-bond donors (Lipinski definition) is 0. The Kier molecular flexibility index (Phi) is 4.28. The molecule has 1 heterocycles. The van der Waals surface area contributed by atoms with Gasteiger partial charge in [-0.2, -0.15) is 0 Å². The molecule has 0 aromatic heterocycles. The Labute approximate surface area is 112 Å².